The second-order valence-electron chi connectivity index (χ2n) is 6.21. The first kappa shape index (κ1) is 17.4. The number of aryl methyl sites for hydroxylation is 1. The van der Waals surface area contributed by atoms with Gasteiger partial charge in [-0.05, 0) is 25.5 Å². The Kier molecular flexibility index (Phi) is 5.65. The zero-order chi connectivity index (χ0) is 17.6. The van der Waals surface area contributed by atoms with Crippen LogP contribution < -0.4 is 4.74 Å². The first-order chi connectivity index (χ1) is 12.1. The van der Waals surface area contributed by atoms with Crippen LogP contribution in [0.5, 0.6) is 5.75 Å². The molecule has 2 aromatic rings. The number of para-hydroxylation sites is 1. The van der Waals surface area contributed by atoms with Crippen LogP contribution in [0.15, 0.2) is 34.7 Å². The van der Waals surface area contributed by atoms with Gasteiger partial charge in [-0.1, -0.05) is 18.2 Å². The first-order valence-corrected chi connectivity index (χ1v) is 8.63. The summed E-state index contributed by atoms with van der Waals surface area (Å²) in [5, 5.41) is 8.01. The molecule has 0 spiro atoms. The molecule has 2 heterocycles. The molecule has 0 N–H and O–H groups in total. The fraction of sp³-hybridized carbons (Fsp3) is 0.500. The molecule has 7 nitrogen and oxygen atoms in total. The summed E-state index contributed by atoms with van der Waals surface area (Å²) >= 11 is 0. The number of hydrogen-bond acceptors (Lipinski definition) is 6. The highest BCUT2D eigenvalue weighted by molar-refractivity contribution is 5.77. The van der Waals surface area contributed by atoms with Crippen molar-refractivity contribution in [1.29, 1.82) is 0 Å². The van der Waals surface area contributed by atoms with Crippen LogP contribution in [-0.4, -0.2) is 58.7 Å². The van der Waals surface area contributed by atoms with E-state index >= 15 is 0 Å². The summed E-state index contributed by atoms with van der Waals surface area (Å²) in [6.45, 7) is 7.01. The van der Waals surface area contributed by atoms with Crippen LogP contribution in [0.3, 0.4) is 0 Å². The summed E-state index contributed by atoms with van der Waals surface area (Å²) in [5.41, 5.74) is 0. The Hall–Kier alpha value is -2.41. The Balaban J connectivity index is 1.51. The molecule has 7 heteroatoms. The molecule has 0 unspecified atom stereocenters. The summed E-state index contributed by atoms with van der Waals surface area (Å²) in [7, 11) is 0. The SMILES string of the molecule is Cc1nnc([C@@H](C)N2CCCN(C(=O)COc3ccccc3)CC2)o1. The van der Waals surface area contributed by atoms with Crippen LogP contribution >= 0.6 is 0 Å². The number of rotatable bonds is 5. The zero-order valence-electron chi connectivity index (χ0n) is 14.7. The Morgan fingerprint density at radius 3 is 2.72 bits per heavy atom. The number of aromatic nitrogens is 2. The largest absolute Gasteiger partial charge is 0.484 e. The van der Waals surface area contributed by atoms with Gasteiger partial charge in [0.2, 0.25) is 11.8 Å². The standard InChI is InChI=1S/C18H24N4O3/c1-14(18-20-19-15(2)25-18)21-9-6-10-22(12-11-21)17(23)13-24-16-7-4-3-5-8-16/h3-5,7-8,14H,6,9-13H2,1-2H3/t14-/m1/s1. The lowest BCUT2D eigenvalue weighted by Gasteiger charge is -2.25. The number of nitrogens with zero attached hydrogens (tertiary/aromatic N) is 4. The van der Waals surface area contributed by atoms with Gasteiger partial charge >= 0.3 is 0 Å². The molecule has 1 aliphatic heterocycles. The first-order valence-electron chi connectivity index (χ1n) is 8.63. The Bertz CT molecular complexity index is 689. The molecule has 1 fully saturated rings. The molecular formula is C18H24N4O3. The minimum Gasteiger partial charge on any atom is -0.484 e. The highest BCUT2D eigenvalue weighted by atomic mass is 16.5. The van der Waals surface area contributed by atoms with Crippen molar-refractivity contribution in [3.05, 3.63) is 42.1 Å². The molecule has 0 saturated carbocycles. The second-order valence-corrected chi connectivity index (χ2v) is 6.21. The lowest BCUT2D eigenvalue weighted by molar-refractivity contribution is -0.133. The van der Waals surface area contributed by atoms with Gasteiger partial charge in [0.1, 0.15) is 5.75 Å². The number of benzene rings is 1. The Labute approximate surface area is 147 Å². The van der Waals surface area contributed by atoms with Crippen LogP contribution in [0.1, 0.15) is 31.2 Å². The quantitative estimate of drug-likeness (QED) is 0.827. The third kappa shape index (κ3) is 4.57. The molecule has 0 radical (unpaired) electrons. The van der Waals surface area contributed by atoms with E-state index in [4.69, 9.17) is 9.15 Å². The summed E-state index contributed by atoms with van der Waals surface area (Å²) in [4.78, 5) is 16.6. The van der Waals surface area contributed by atoms with E-state index in [0.717, 1.165) is 26.1 Å². The molecule has 1 aromatic heterocycles. The van der Waals surface area contributed by atoms with Gasteiger partial charge in [-0.25, -0.2) is 0 Å². The van der Waals surface area contributed by atoms with Crippen molar-refractivity contribution in [2.45, 2.75) is 26.3 Å². The van der Waals surface area contributed by atoms with E-state index in [1.807, 2.05) is 35.2 Å². The maximum Gasteiger partial charge on any atom is 0.260 e. The van der Waals surface area contributed by atoms with Crippen LogP contribution in [0, 0.1) is 6.92 Å². The summed E-state index contributed by atoms with van der Waals surface area (Å²) < 4.78 is 11.1. The van der Waals surface area contributed by atoms with Crippen LogP contribution in [0.2, 0.25) is 0 Å². The number of ether oxygens (including phenoxy) is 1. The van der Waals surface area contributed by atoms with Crippen molar-refractivity contribution in [3.63, 3.8) is 0 Å². The van der Waals surface area contributed by atoms with Crippen molar-refractivity contribution >= 4 is 5.91 Å². The van der Waals surface area contributed by atoms with Crippen molar-refractivity contribution in [1.82, 2.24) is 20.0 Å². The molecule has 3 rings (SSSR count). The number of amides is 1. The lowest BCUT2D eigenvalue weighted by atomic mass is 10.2. The minimum absolute atomic E-state index is 0.0204. The predicted molar refractivity (Wildman–Crippen MR) is 92.2 cm³/mol. The Morgan fingerprint density at radius 2 is 2.00 bits per heavy atom. The van der Waals surface area contributed by atoms with Gasteiger partial charge in [-0.15, -0.1) is 10.2 Å². The highest BCUT2D eigenvalue weighted by Gasteiger charge is 2.25. The van der Waals surface area contributed by atoms with Gasteiger partial charge in [0.05, 0.1) is 6.04 Å². The third-order valence-corrected chi connectivity index (χ3v) is 4.44. The van der Waals surface area contributed by atoms with E-state index in [9.17, 15) is 4.79 Å². The monoisotopic (exact) mass is 344 g/mol. The van der Waals surface area contributed by atoms with Crippen LogP contribution in [0.25, 0.3) is 0 Å². The molecule has 0 aliphatic carbocycles. The average molecular weight is 344 g/mol. The topological polar surface area (TPSA) is 71.7 Å². The van der Waals surface area contributed by atoms with E-state index in [2.05, 4.69) is 22.0 Å². The van der Waals surface area contributed by atoms with Crippen molar-refractivity contribution in [3.8, 4) is 5.75 Å². The van der Waals surface area contributed by atoms with Crippen molar-refractivity contribution < 1.29 is 13.9 Å². The summed E-state index contributed by atoms with van der Waals surface area (Å²) in [6.07, 6.45) is 0.911. The third-order valence-electron chi connectivity index (χ3n) is 4.44. The summed E-state index contributed by atoms with van der Waals surface area (Å²) in [5.74, 6) is 1.94. The molecule has 134 valence electrons. The van der Waals surface area contributed by atoms with E-state index in [1.165, 1.54) is 0 Å². The predicted octanol–water partition coefficient (Wildman–Crippen LogP) is 2.05. The molecular weight excluding hydrogens is 320 g/mol. The van der Waals surface area contributed by atoms with Gasteiger partial charge < -0.3 is 14.1 Å². The molecule has 1 atom stereocenters. The zero-order valence-corrected chi connectivity index (χ0v) is 14.7. The fourth-order valence-electron chi connectivity index (χ4n) is 2.96. The van der Waals surface area contributed by atoms with E-state index in [0.29, 0.717) is 24.1 Å². The number of carbonyl (C=O) groups excluding carboxylic acids is 1. The van der Waals surface area contributed by atoms with E-state index in [-0.39, 0.29) is 18.6 Å². The molecule has 1 aliphatic rings. The van der Waals surface area contributed by atoms with Crippen molar-refractivity contribution in [2.75, 3.05) is 32.8 Å². The molecule has 1 saturated heterocycles. The maximum absolute atomic E-state index is 12.4. The fourth-order valence-corrected chi connectivity index (χ4v) is 2.96. The highest BCUT2D eigenvalue weighted by Crippen LogP contribution is 2.20. The van der Waals surface area contributed by atoms with Gasteiger partial charge in [0.15, 0.2) is 6.61 Å². The van der Waals surface area contributed by atoms with E-state index < -0.39 is 0 Å². The summed E-state index contributed by atoms with van der Waals surface area (Å²) in [6, 6.07) is 9.46. The van der Waals surface area contributed by atoms with E-state index in [1.54, 1.807) is 6.92 Å². The molecule has 0 bridgehead atoms. The average Bonchev–Trinajstić information content (AvgIpc) is 2.92. The normalized spacial score (nSPS) is 17.1. The van der Waals surface area contributed by atoms with Crippen LogP contribution in [-0.2, 0) is 4.79 Å². The van der Waals surface area contributed by atoms with Gasteiger partial charge in [-0.3, -0.25) is 9.69 Å². The van der Waals surface area contributed by atoms with Gasteiger partial charge in [-0.2, -0.15) is 0 Å². The number of hydrogen-bond donors (Lipinski definition) is 0. The maximum atomic E-state index is 12.4. The Morgan fingerprint density at radius 1 is 1.20 bits per heavy atom. The van der Waals surface area contributed by atoms with Crippen LogP contribution in [0.4, 0.5) is 0 Å². The molecule has 1 aromatic carbocycles. The van der Waals surface area contributed by atoms with Gasteiger partial charge in [0.25, 0.3) is 5.91 Å². The lowest BCUT2D eigenvalue weighted by Crippen LogP contribution is -2.38. The van der Waals surface area contributed by atoms with Crippen molar-refractivity contribution in [2.24, 2.45) is 0 Å². The molecule has 25 heavy (non-hydrogen) atoms. The second kappa shape index (κ2) is 8.11. The smallest absolute Gasteiger partial charge is 0.260 e. The molecule has 1 amide bonds. The minimum atomic E-state index is 0.0204. The number of carbonyl (C=O) groups is 1. The van der Waals surface area contributed by atoms with Gasteiger partial charge in [0, 0.05) is 33.1 Å².